The average Bonchev–Trinajstić information content (AvgIpc) is 2.84. The zero-order chi connectivity index (χ0) is 16.8. The summed E-state index contributed by atoms with van der Waals surface area (Å²) in [5.74, 6) is 1.96. The summed E-state index contributed by atoms with van der Waals surface area (Å²) in [5, 5.41) is 20.0. The summed E-state index contributed by atoms with van der Waals surface area (Å²) in [4.78, 5) is 0. The molecule has 132 valence electrons. The quantitative estimate of drug-likeness (QED) is 0.700. The molecule has 0 bridgehead atoms. The molecule has 3 aliphatic carbocycles. The first kappa shape index (κ1) is 17.4. The number of hydrogen-bond acceptors (Lipinski definition) is 3. The highest BCUT2D eigenvalue weighted by Gasteiger charge is 2.56. The Kier molecular flexibility index (Phi) is 4.67. The molecule has 4 N–H and O–H groups in total. The molecule has 0 radical (unpaired) electrons. The van der Waals surface area contributed by atoms with Crippen LogP contribution in [0.3, 0.4) is 0 Å². The van der Waals surface area contributed by atoms with Gasteiger partial charge in [-0.15, -0.1) is 0 Å². The SMILES string of the molecule is C=C1CCC2[C@H](CN)C([C@@]3(C)CCC(O)C[C@@H]3CO)CC[C@]12C. The molecule has 3 fully saturated rings. The maximum Gasteiger partial charge on any atom is 0.0544 e. The molecule has 3 rings (SSSR count). The molecule has 7 atom stereocenters. The second-order valence-corrected chi connectivity index (χ2v) is 9.02. The summed E-state index contributed by atoms with van der Waals surface area (Å²) in [6.07, 6.45) is 7.19. The van der Waals surface area contributed by atoms with E-state index in [1.54, 1.807) is 0 Å². The molecule has 0 saturated heterocycles. The summed E-state index contributed by atoms with van der Waals surface area (Å²) in [6, 6.07) is 0. The van der Waals surface area contributed by atoms with Gasteiger partial charge in [-0.2, -0.15) is 0 Å². The van der Waals surface area contributed by atoms with Crippen LogP contribution >= 0.6 is 0 Å². The Morgan fingerprint density at radius 1 is 1.17 bits per heavy atom. The van der Waals surface area contributed by atoms with Crippen molar-refractivity contribution in [3.63, 3.8) is 0 Å². The van der Waals surface area contributed by atoms with E-state index in [1.165, 1.54) is 24.8 Å². The highest BCUT2D eigenvalue weighted by molar-refractivity contribution is 5.20. The maximum atomic E-state index is 10.0. The van der Waals surface area contributed by atoms with Gasteiger partial charge < -0.3 is 15.9 Å². The Labute approximate surface area is 141 Å². The Hall–Kier alpha value is -0.380. The highest BCUT2D eigenvalue weighted by Crippen LogP contribution is 2.63. The molecule has 3 heteroatoms. The first-order valence-corrected chi connectivity index (χ1v) is 9.54. The lowest BCUT2D eigenvalue weighted by atomic mass is 9.49. The Balaban J connectivity index is 1.89. The molecular formula is C20H35NO2. The summed E-state index contributed by atoms with van der Waals surface area (Å²) in [7, 11) is 0. The highest BCUT2D eigenvalue weighted by atomic mass is 16.3. The predicted octanol–water partition coefficient (Wildman–Crippen LogP) is 3.10. The fourth-order valence-electron chi connectivity index (χ4n) is 6.51. The van der Waals surface area contributed by atoms with E-state index in [0.29, 0.717) is 17.8 Å². The zero-order valence-corrected chi connectivity index (χ0v) is 14.9. The van der Waals surface area contributed by atoms with Crippen LogP contribution in [0.1, 0.15) is 58.8 Å². The third-order valence-electron chi connectivity index (χ3n) is 8.24. The van der Waals surface area contributed by atoms with Crippen LogP contribution in [0, 0.1) is 34.5 Å². The second-order valence-electron chi connectivity index (χ2n) is 9.02. The van der Waals surface area contributed by atoms with Crippen molar-refractivity contribution in [3.05, 3.63) is 12.2 Å². The zero-order valence-electron chi connectivity index (χ0n) is 14.9. The van der Waals surface area contributed by atoms with Crippen LogP contribution in [-0.2, 0) is 0 Å². The van der Waals surface area contributed by atoms with Crippen LogP contribution in [-0.4, -0.2) is 29.5 Å². The van der Waals surface area contributed by atoms with Crippen molar-refractivity contribution in [2.75, 3.05) is 13.2 Å². The van der Waals surface area contributed by atoms with Gasteiger partial charge in [-0.05, 0) is 86.0 Å². The Morgan fingerprint density at radius 3 is 2.57 bits per heavy atom. The monoisotopic (exact) mass is 321 g/mol. The lowest BCUT2D eigenvalue weighted by Crippen LogP contribution is -2.52. The van der Waals surface area contributed by atoms with Gasteiger partial charge in [0.1, 0.15) is 0 Å². The van der Waals surface area contributed by atoms with Crippen molar-refractivity contribution < 1.29 is 10.2 Å². The normalized spacial score (nSPS) is 50.8. The first-order chi connectivity index (χ1) is 10.9. The van der Waals surface area contributed by atoms with Crippen molar-refractivity contribution >= 4 is 0 Å². The van der Waals surface area contributed by atoms with Crippen LogP contribution in [0.25, 0.3) is 0 Å². The van der Waals surface area contributed by atoms with Crippen LogP contribution in [0.4, 0.5) is 0 Å². The molecule has 3 saturated carbocycles. The third kappa shape index (κ3) is 2.60. The van der Waals surface area contributed by atoms with Crippen LogP contribution in [0.2, 0.25) is 0 Å². The number of hydrogen-bond donors (Lipinski definition) is 3. The van der Waals surface area contributed by atoms with E-state index < -0.39 is 0 Å². The van der Waals surface area contributed by atoms with E-state index in [0.717, 1.165) is 32.2 Å². The molecule has 0 aromatic carbocycles. The molecule has 3 aliphatic rings. The van der Waals surface area contributed by atoms with Crippen molar-refractivity contribution in [1.82, 2.24) is 0 Å². The van der Waals surface area contributed by atoms with Gasteiger partial charge in [0.25, 0.3) is 0 Å². The predicted molar refractivity (Wildman–Crippen MR) is 93.8 cm³/mol. The molecule has 3 nitrogen and oxygen atoms in total. The topological polar surface area (TPSA) is 66.5 Å². The van der Waals surface area contributed by atoms with Gasteiger partial charge >= 0.3 is 0 Å². The standard InChI is InChI=1S/C20H35NO2/c1-13-4-5-17-16(11-21)18(7-9-19(13,17)2)20(3)8-6-15(23)10-14(20)12-22/h14-18,22-23H,1,4-12,21H2,2-3H3/t14-,15?,16+,17?,18?,19-,20+/m1/s1. The lowest BCUT2D eigenvalue weighted by Gasteiger charge is -2.56. The van der Waals surface area contributed by atoms with Crippen LogP contribution in [0.5, 0.6) is 0 Å². The second kappa shape index (κ2) is 6.16. The first-order valence-electron chi connectivity index (χ1n) is 9.54. The van der Waals surface area contributed by atoms with Crippen LogP contribution in [0.15, 0.2) is 12.2 Å². The third-order valence-corrected chi connectivity index (χ3v) is 8.24. The van der Waals surface area contributed by atoms with Gasteiger partial charge in [0.2, 0.25) is 0 Å². The summed E-state index contributed by atoms with van der Waals surface area (Å²) in [5.41, 5.74) is 8.12. The van der Waals surface area contributed by atoms with E-state index >= 15 is 0 Å². The number of fused-ring (bicyclic) bond motifs is 1. The van der Waals surface area contributed by atoms with Crippen LogP contribution < -0.4 is 5.73 Å². The van der Waals surface area contributed by atoms with E-state index in [2.05, 4.69) is 20.4 Å². The van der Waals surface area contributed by atoms with E-state index in [9.17, 15) is 10.2 Å². The number of aliphatic hydroxyl groups excluding tert-OH is 2. The number of rotatable bonds is 3. The fourth-order valence-corrected chi connectivity index (χ4v) is 6.51. The van der Waals surface area contributed by atoms with E-state index in [1.807, 2.05) is 0 Å². The molecule has 0 aromatic rings. The number of nitrogens with two attached hydrogens (primary N) is 1. The summed E-state index contributed by atoms with van der Waals surface area (Å²) >= 11 is 0. The van der Waals surface area contributed by atoms with Crippen molar-refractivity contribution in [2.45, 2.75) is 64.9 Å². The summed E-state index contributed by atoms with van der Waals surface area (Å²) in [6.45, 7) is 10.1. The smallest absolute Gasteiger partial charge is 0.0544 e. The molecule has 0 aliphatic heterocycles. The van der Waals surface area contributed by atoms with E-state index in [-0.39, 0.29) is 29.5 Å². The average molecular weight is 322 g/mol. The Morgan fingerprint density at radius 2 is 1.91 bits per heavy atom. The van der Waals surface area contributed by atoms with Gasteiger partial charge in [-0.1, -0.05) is 26.0 Å². The molecule has 0 spiro atoms. The maximum absolute atomic E-state index is 10.0. The number of aliphatic hydroxyl groups is 2. The minimum absolute atomic E-state index is 0.114. The molecule has 3 unspecified atom stereocenters. The van der Waals surface area contributed by atoms with E-state index in [4.69, 9.17) is 5.73 Å². The van der Waals surface area contributed by atoms with Gasteiger partial charge in [0.05, 0.1) is 6.10 Å². The van der Waals surface area contributed by atoms with Gasteiger partial charge in [0, 0.05) is 6.61 Å². The number of allylic oxidation sites excluding steroid dienone is 1. The summed E-state index contributed by atoms with van der Waals surface area (Å²) < 4.78 is 0. The molecule has 0 heterocycles. The lowest BCUT2D eigenvalue weighted by molar-refractivity contribution is -0.0916. The fraction of sp³-hybridized carbons (Fsp3) is 0.900. The Bertz CT molecular complexity index is 465. The largest absolute Gasteiger partial charge is 0.396 e. The van der Waals surface area contributed by atoms with Crippen molar-refractivity contribution in [1.29, 1.82) is 0 Å². The molecular weight excluding hydrogens is 286 g/mol. The van der Waals surface area contributed by atoms with Crippen molar-refractivity contribution in [2.24, 2.45) is 40.2 Å². The minimum Gasteiger partial charge on any atom is -0.396 e. The molecule has 23 heavy (non-hydrogen) atoms. The molecule has 0 aromatic heterocycles. The minimum atomic E-state index is -0.239. The van der Waals surface area contributed by atoms with Gasteiger partial charge in [0.15, 0.2) is 0 Å². The van der Waals surface area contributed by atoms with Gasteiger partial charge in [-0.3, -0.25) is 0 Å². The van der Waals surface area contributed by atoms with Crippen molar-refractivity contribution in [3.8, 4) is 0 Å². The van der Waals surface area contributed by atoms with Gasteiger partial charge in [-0.25, -0.2) is 0 Å². The molecule has 0 amide bonds.